The molecule has 1 saturated heterocycles. The molecule has 3 heteroatoms. The SMILES string of the molecule is c1cc2c(cc1CCC1CCCCCN1)OCCO2. The van der Waals surface area contributed by atoms with Crippen LogP contribution in [-0.4, -0.2) is 25.8 Å². The summed E-state index contributed by atoms with van der Waals surface area (Å²) in [6.07, 6.45) is 7.76. The van der Waals surface area contributed by atoms with E-state index in [1.165, 1.54) is 44.2 Å². The second-order valence-electron chi connectivity index (χ2n) is 5.52. The molecule has 2 aliphatic rings. The maximum atomic E-state index is 5.64. The molecule has 3 rings (SSSR count). The van der Waals surface area contributed by atoms with Crippen molar-refractivity contribution in [1.29, 1.82) is 0 Å². The van der Waals surface area contributed by atoms with Gasteiger partial charge in [0.15, 0.2) is 11.5 Å². The Hall–Kier alpha value is -1.22. The maximum Gasteiger partial charge on any atom is 0.161 e. The van der Waals surface area contributed by atoms with Crippen molar-refractivity contribution in [3.05, 3.63) is 23.8 Å². The van der Waals surface area contributed by atoms with Gasteiger partial charge in [0.1, 0.15) is 13.2 Å². The van der Waals surface area contributed by atoms with E-state index < -0.39 is 0 Å². The average Bonchev–Trinajstić information content (AvgIpc) is 2.73. The van der Waals surface area contributed by atoms with E-state index in [9.17, 15) is 0 Å². The second-order valence-corrected chi connectivity index (χ2v) is 5.52. The molecular formula is C16H23NO2. The molecule has 0 spiro atoms. The summed E-state index contributed by atoms with van der Waals surface area (Å²) in [7, 11) is 0. The molecule has 0 amide bonds. The second kappa shape index (κ2) is 6.29. The highest BCUT2D eigenvalue weighted by atomic mass is 16.6. The van der Waals surface area contributed by atoms with Gasteiger partial charge in [-0.1, -0.05) is 18.9 Å². The van der Waals surface area contributed by atoms with Crippen molar-refractivity contribution < 1.29 is 9.47 Å². The van der Waals surface area contributed by atoms with Gasteiger partial charge in [-0.15, -0.1) is 0 Å². The minimum atomic E-state index is 0.665. The van der Waals surface area contributed by atoms with Crippen molar-refractivity contribution >= 4 is 0 Å². The van der Waals surface area contributed by atoms with Crippen LogP contribution in [0.25, 0.3) is 0 Å². The number of benzene rings is 1. The Morgan fingerprint density at radius 3 is 2.89 bits per heavy atom. The normalized spacial score (nSPS) is 22.8. The van der Waals surface area contributed by atoms with Gasteiger partial charge in [0.25, 0.3) is 0 Å². The van der Waals surface area contributed by atoms with Crippen molar-refractivity contribution in [3.63, 3.8) is 0 Å². The van der Waals surface area contributed by atoms with Crippen LogP contribution in [0.3, 0.4) is 0 Å². The number of ether oxygens (including phenoxy) is 2. The molecule has 1 unspecified atom stereocenters. The average molecular weight is 261 g/mol. The van der Waals surface area contributed by atoms with Gasteiger partial charge < -0.3 is 14.8 Å². The summed E-state index contributed by atoms with van der Waals surface area (Å²) in [5, 5.41) is 3.66. The zero-order chi connectivity index (χ0) is 12.9. The predicted molar refractivity (Wildman–Crippen MR) is 76.0 cm³/mol. The van der Waals surface area contributed by atoms with Crippen molar-refractivity contribution in [2.75, 3.05) is 19.8 Å². The summed E-state index contributed by atoms with van der Waals surface area (Å²) in [6, 6.07) is 7.05. The summed E-state index contributed by atoms with van der Waals surface area (Å²) in [4.78, 5) is 0. The number of hydrogen-bond acceptors (Lipinski definition) is 3. The van der Waals surface area contributed by atoms with E-state index in [0.29, 0.717) is 19.3 Å². The molecular weight excluding hydrogens is 238 g/mol. The van der Waals surface area contributed by atoms with E-state index >= 15 is 0 Å². The number of rotatable bonds is 3. The van der Waals surface area contributed by atoms with Gasteiger partial charge in [-0.25, -0.2) is 0 Å². The summed E-state index contributed by atoms with van der Waals surface area (Å²) >= 11 is 0. The minimum absolute atomic E-state index is 0.665. The lowest BCUT2D eigenvalue weighted by molar-refractivity contribution is 0.171. The van der Waals surface area contributed by atoms with E-state index in [1.54, 1.807) is 0 Å². The van der Waals surface area contributed by atoms with E-state index in [-0.39, 0.29) is 0 Å². The van der Waals surface area contributed by atoms with Crippen LogP contribution in [-0.2, 0) is 6.42 Å². The maximum absolute atomic E-state index is 5.64. The Bertz CT molecular complexity index is 411. The molecule has 0 saturated carbocycles. The van der Waals surface area contributed by atoms with Gasteiger partial charge in [-0.05, 0) is 49.9 Å². The Balaban J connectivity index is 1.57. The van der Waals surface area contributed by atoms with Gasteiger partial charge in [0.05, 0.1) is 0 Å². The third kappa shape index (κ3) is 3.41. The molecule has 0 bridgehead atoms. The summed E-state index contributed by atoms with van der Waals surface area (Å²) in [6.45, 7) is 2.52. The molecule has 2 aliphatic heterocycles. The van der Waals surface area contributed by atoms with Crippen LogP contribution in [0.2, 0.25) is 0 Å². The molecule has 1 atom stereocenters. The van der Waals surface area contributed by atoms with Crippen molar-refractivity contribution in [2.45, 2.75) is 44.6 Å². The molecule has 0 radical (unpaired) electrons. The molecule has 0 aromatic heterocycles. The fraction of sp³-hybridized carbons (Fsp3) is 0.625. The molecule has 3 nitrogen and oxygen atoms in total. The standard InChI is InChI=1S/C16H23NO2/c1-2-4-14(17-9-3-1)7-5-13-6-8-15-16(12-13)19-11-10-18-15/h6,8,12,14,17H,1-5,7,9-11H2. The summed E-state index contributed by atoms with van der Waals surface area (Å²) < 4.78 is 11.2. The van der Waals surface area contributed by atoms with Crippen molar-refractivity contribution in [3.8, 4) is 11.5 Å². The molecule has 1 aromatic rings. The quantitative estimate of drug-likeness (QED) is 0.907. The van der Waals surface area contributed by atoms with Crippen molar-refractivity contribution in [1.82, 2.24) is 5.32 Å². The largest absolute Gasteiger partial charge is 0.486 e. The van der Waals surface area contributed by atoms with Crippen LogP contribution in [0.15, 0.2) is 18.2 Å². The topological polar surface area (TPSA) is 30.5 Å². The van der Waals surface area contributed by atoms with E-state index in [1.807, 2.05) is 6.07 Å². The molecule has 1 aromatic carbocycles. The van der Waals surface area contributed by atoms with E-state index in [0.717, 1.165) is 17.9 Å². The Labute approximate surface area is 115 Å². The van der Waals surface area contributed by atoms with Gasteiger partial charge >= 0.3 is 0 Å². The molecule has 1 fully saturated rings. The first-order valence-corrected chi connectivity index (χ1v) is 7.54. The Kier molecular flexibility index (Phi) is 4.23. The first-order chi connectivity index (χ1) is 9.42. The van der Waals surface area contributed by atoms with Crippen LogP contribution in [0.4, 0.5) is 0 Å². The van der Waals surface area contributed by atoms with Crippen LogP contribution >= 0.6 is 0 Å². The first kappa shape index (κ1) is 12.8. The lowest BCUT2D eigenvalue weighted by Gasteiger charge is -2.20. The van der Waals surface area contributed by atoms with Crippen LogP contribution in [0.5, 0.6) is 11.5 Å². The predicted octanol–water partition coefficient (Wildman–Crippen LogP) is 2.92. The molecule has 2 heterocycles. The Morgan fingerprint density at radius 2 is 1.95 bits per heavy atom. The van der Waals surface area contributed by atoms with Gasteiger partial charge in [0, 0.05) is 6.04 Å². The number of fused-ring (bicyclic) bond motifs is 1. The van der Waals surface area contributed by atoms with Gasteiger partial charge in [0.2, 0.25) is 0 Å². The third-order valence-electron chi connectivity index (χ3n) is 4.05. The monoisotopic (exact) mass is 261 g/mol. The lowest BCUT2D eigenvalue weighted by Crippen LogP contribution is -2.28. The van der Waals surface area contributed by atoms with Crippen LogP contribution in [0, 0.1) is 0 Å². The molecule has 1 N–H and O–H groups in total. The van der Waals surface area contributed by atoms with E-state index in [2.05, 4.69) is 17.4 Å². The zero-order valence-corrected chi connectivity index (χ0v) is 11.5. The lowest BCUT2D eigenvalue weighted by atomic mass is 10.0. The minimum Gasteiger partial charge on any atom is -0.486 e. The third-order valence-corrected chi connectivity index (χ3v) is 4.05. The molecule has 19 heavy (non-hydrogen) atoms. The molecule has 0 aliphatic carbocycles. The van der Waals surface area contributed by atoms with Crippen LogP contribution in [0.1, 0.15) is 37.7 Å². The number of hydrogen-bond donors (Lipinski definition) is 1. The smallest absolute Gasteiger partial charge is 0.161 e. The Morgan fingerprint density at radius 1 is 1.05 bits per heavy atom. The van der Waals surface area contributed by atoms with Crippen LogP contribution < -0.4 is 14.8 Å². The summed E-state index contributed by atoms with van der Waals surface area (Å²) in [5.74, 6) is 1.81. The van der Waals surface area contributed by atoms with Gasteiger partial charge in [-0.2, -0.15) is 0 Å². The highest BCUT2D eigenvalue weighted by molar-refractivity contribution is 5.43. The number of nitrogens with one attached hydrogen (secondary N) is 1. The highest BCUT2D eigenvalue weighted by Gasteiger charge is 2.14. The van der Waals surface area contributed by atoms with E-state index in [4.69, 9.17) is 9.47 Å². The fourth-order valence-electron chi connectivity index (χ4n) is 2.93. The summed E-state index contributed by atoms with van der Waals surface area (Å²) in [5.41, 5.74) is 1.36. The highest BCUT2D eigenvalue weighted by Crippen LogP contribution is 2.31. The number of aryl methyl sites for hydroxylation is 1. The van der Waals surface area contributed by atoms with Gasteiger partial charge in [-0.3, -0.25) is 0 Å². The zero-order valence-electron chi connectivity index (χ0n) is 11.5. The first-order valence-electron chi connectivity index (χ1n) is 7.54. The van der Waals surface area contributed by atoms with Crippen molar-refractivity contribution in [2.24, 2.45) is 0 Å². The molecule has 104 valence electrons. The fourth-order valence-corrected chi connectivity index (χ4v) is 2.93.